The molecule has 0 atom stereocenters. The summed E-state index contributed by atoms with van der Waals surface area (Å²) >= 11 is 0. The summed E-state index contributed by atoms with van der Waals surface area (Å²) in [6.45, 7) is 0.0215. The topological polar surface area (TPSA) is 151 Å². The summed E-state index contributed by atoms with van der Waals surface area (Å²) in [4.78, 5) is 37.6. The number of aliphatic hydroxyl groups is 1. The van der Waals surface area contributed by atoms with Crippen molar-refractivity contribution in [2.45, 2.75) is 17.7 Å². The van der Waals surface area contributed by atoms with Gasteiger partial charge in [-0.05, 0) is 25.2 Å². The predicted molar refractivity (Wildman–Crippen MR) is 91.1 cm³/mol. The highest BCUT2D eigenvalue weighted by molar-refractivity contribution is 7.72. The lowest BCUT2D eigenvalue weighted by Crippen LogP contribution is -2.35. The van der Waals surface area contributed by atoms with Crippen molar-refractivity contribution in [3.05, 3.63) is 29.8 Å². The van der Waals surface area contributed by atoms with E-state index in [1.165, 1.54) is 24.1 Å². The van der Waals surface area contributed by atoms with Crippen LogP contribution in [0.5, 0.6) is 0 Å². The third-order valence-electron chi connectivity index (χ3n) is 3.77. The number of halogens is 3. The fourth-order valence-corrected chi connectivity index (χ4v) is 4.25. The Morgan fingerprint density at radius 2 is 1.63 bits per heavy atom. The maximum absolute atomic E-state index is 12.6. The zero-order chi connectivity index (χ0) is 21.1. The van der Waals surface area contributed by atoms with Gasteiger partial charge in [-0.15, -0.1) is 0 Å². The van der Waals surface area contributed by atoms with Crippen molar-refractivity contribution < 1.29 is 47.0 Å². The van der Waals surface area contributed by atoms with Gasteiger partial charge >= 0.3 is 21.4 Å². The Labute approximate surface area is 153 Å². The second-order valence-electron chi connectivity index (χ2n) is 5.92. The molecule has 6 N–H and O–H groups in total. The van der Waals surface area contributed by atoms with Gasteiger partial charge in [-0.3, -0.25) is 9.13 Å². The molecule has 0 aliphatic carbocycles. The van der Waals surface area contributed by atoms with Crippen molar-refractivity contribution in [1.82, 2.24) is 4.90 Å². The van der Waals surface area contributed by atoms with Crippen LogP contribution in [0.1, 0.15) is 12.0 Å². The quantitative estimate of drug-likeness (QED) is 0.316. The molecule has 0 saturated heterocycles. The Balaban J connectivity index is 2.60. The fourth-order valence-electron chi connectivity index (χ4n) is 2.11. The minimum absolute atomic E-state index is 0.141. The van der Waals surface area contributed by atoms with E-state index in [2.05, 4.69) is 5.32 Å². The predicted octanol–water partition coefficient (Wildman–Crippen LogP) is 1.44. The highest BCUT2D eigenvalue weighted by Crippen LogP contribution is 2.68. The van der Waals surface area contributed by atoms with Gasteiger partial charge in [0.2, 0.25) is 0 Å². The molecule has 0 fully saturated rings. The average molecular weight is 436 g/mol. The van der Waals surface area contributed by atoms with Crippen LogP contribution in [0.2, 0.25) is 0 Å². The summed E-state index contributed by atoms with van der Waals surface area (Å²) in [5.74, 6) is 0. The van der Waals surface area contributed by atoms with E-state index < -0.39 is 38.4 Å². The van der Waals surface area contributed by atoms with Gasteiger partial charge in [-0.25, -0.2) is 0 Å². The normalized spacial score (nSPS) is 13.9. The van der Waals surface area contributed by atoms with Crippen molar-refractivity contribution in [2.24, 2.45) is 0 Å². The van der Waals surface area contributed by atoms with E-state index in [4.69, 9.17) is 19.6 Å². The van der Waals surface area contributed by atoms with Gasteiger partial charge in [0, 0.05) is 31.7 Å². The lowest BCUT2D eigenvalue weighted by Gasteiger charge is -2.30. The summed E-state index contributed by atoms with van der Waals surface area (Å²) in [5, 5.41) is 9.01. The monoisotopic (exact) mass is 436 g/mol. The van der Waals surface area contributed by atoms with Gasteiger partial charge in [-0.2, -0.15) is 13.2 Å². The van der Waals surface area contributed by atoms with E-state index in [0.29, 0.717) is 0 Å². The van der Waals surface area contributed by atoms with Crippen molar-refractivity contribution in [3.63, 3.8) is 0 Å². The Bertz CT molecular complexity index is 713. The van der Waals surface area contributed by atoms with Crippen LogP contribution in [-0.2, 0) is 15.3 Å². The molecule has 0 heterocycles. The Kier molecular flexibility index (Phi) is 7.65. The standard InChI is InChI=1S/C13H21F3N2O7P2/c1-18(7-5-12(19,26(20,21)22)27(23,24)25)8-6-17-11-4-2-3-10(9-11)13(14,15)16/h2-4,9,17,19H,5-8H2,1H3,(H2,20,21,22)(H2,23,24,25). The van der Waals surface area contributed by atoms with E-state index in [-0.39, 0.29) is 25.3 Å². The van der Waals surface area contributed by atoms with Crippen LogP contribution in [0, 0.1) is 0 Å². The van der Waals surface area contributed by atoms with Gasteiger partial charge in [0.15, 0.2) is 0 Å². The van der Waals surface area contributed by atoms with Crippen LogP contribution in [0.15, 0.2) is 24.3 Å². The molecule has 0 unspecified atom stereocenters. The minimum Gasteiger partial charge on any atom is -0.384 e. The molecule has 0 spiro atoms. The second-order valence-corrected chi connectivity index (χ2v) is 9.93. The maximum Gasteiger partial charge on any atom is 0.416 e. The summed E-state index contributed by atoms with van der Waals surface area (Å²) in [6, 6.07) is 4.49. The molecule has 9 nitrogen and oxygen atoms in total. The van der Waals surface area contributed by atoms with Crippen LogP contribution in [0.3, 0.4) is 0 Å². The Hall–Kier alpha value is -0.970. The lowest BCUT2D eigenvalue weighted by molar-refractivity contribution is -0.137. The van der Waals surface area contributed by atoms with E-state index in [9.17, 15) is 27.4 Å². The number of rotatable bonds is 9. The molecule has 27 heavy (non-hydrogen) atoms. The summed E-state index contributed by atoms with van der Waals surface area (Å²) < 4.78 is 60.4. The van der Waals surface area contributed by atoms with E-state index in [0.717, 1.165) is 12.1 Å². The number of anilines is 1. The van der Waals surface area contributed by atoms with Crippen molar-refractivity contribution in [1.29, 1.82) is 0 Å². The van der Waals surface area contributed by atoms with Gasteiger partial charge in [0.25, 0.3) is 5.08 Å². The van der Waals surface area contributed by atoms with Crippen molar-refractivity contribution >= 4 is 20.9 Å². The average Bonchev–Trinajstić information content (AvgIpc) is 2.50. The summed E-state index contributed by atoms with van der Waals surface area (Å²) in [7, 11) is -9.58. The molecule has 1 rings (SSSR count). The molecular formula is C13H21F3N2O7P2. The van der Waals surface area contributed by atoms with E-state index >= 15 is 0 Å². The molecule has 0 radical (unpaired) electrons. The zero-order valence-electron chi connectivity index (χ0n) is 14.2. The number of alkyl halides is 3. The largest absolute Gasteiger partial charge is 0.416 e. The number of hydrogen-bond donors (Lipinski definition) is 6. The van der Waals surface area contributed by atoms with Gasteiger partial charge in [-0.1, -0.05) is 6.07 Å². The third-order valence-corrected chi connectivity index (χ3v) is 7.65. The molecule has 0 amide bonds. The molecule has 0 aliphatic rings. The number of nitrogens with one attached hydrogen (secondary N) is 1. The summed E-state index contributed by atoms with van der Waals surface area (Å²) in [6.07, 6.45) is -5.38. The molecule has 0 aromatic heterocycles. The first-order valence-corrected chi connectivity index (χ1v) is 10.7. The van der Waals surface area contributed by atoms with Gasteiger partial charge in [0.1, 0.15) is 0 Å². The molecule has 156 valence electrons. The van der Waals surface area contributed by atoms with Gasteiger partial charge in [0.05, 0.1) is 5.56 Å². The molecule has 0 bridgehead atoms. The molecule has 14 heteroatoms. The van der Waals surface area contributed by atoms with E-state index in [1.807, 2.05) is 0 Å². The highest BCUT2D eigenvalue weighted by Gasteiger charge is 2.58. The van der Waals surface area contributed by atoms with Crippen LogP contribution < -0.4 is 5.32 Å². The first kappa shape index (κ1) is 24.1. The zero-order valence-corrected chi connectivity index (χ0v) is 16.0. The first-order valence-electron chi connectivity index (χ1n) is 7.51. The molecule has 1 aromatic carbocycles. The van der Waals surface area contributed by atoms with Crippen molar-refractivity contribution in [3.8, 4) is 0 Å². The minimum atomic E-state index is -5.52. The van der Waals surface area contributed by atoms with Crippen LogP contribution >= 0.6 is 15.2 Å². The van der Waals surface area contributed by atoms with Crippen LogP contribution in [0.25, 0.3) is 0 Å². The number of benzene rings is 1. The van der Waals surface area contributed by atoms with Crippen molar-refractivity contribution in [2.75, 3.05) is 32.0 Å². The Morgan fingerprint density at radius 3 is 2.11 bits per heavy atom. The first-order chi connectivity index (χ1) is 12.1. The van der Waals surface area contributed by atoms with E-state index in [1.54, 1.807) is 0 Å². The number of likely N-dealkylation sites (N-methyl/N-ethyl adjacent to an activating group) is 1. The highest BCUT2D eigenvalue weighted by atomic mass is 31.2. The lowest BCUT2D eigenvalue weighted by atomic mass is 10.2. The van der Waals surface area contributed by atoms with Crippen LogP contribution in [0.4, 0.5) is 18.9 Å². The second kappa shape index (κ2) is 8.59. The molecular weight excluding hydrogens is 415 g/mol. The van der Waals surface area contributed by atoms with Crippen LogP contribution in [-0.4, -0.2) is 61.3 Å². The number of hydrogen-bond acceptors (Lipinski definition) is 5. The molecule has 0 aliphatic heterocycles. The Morgan fingerprint density at radius 1 is 1.07 bits per heavy atom. The summed E-state index contributed by atoms with van der Waals surface area (Å²) in [5.41, 5.74) is -0.616. The SMILES string of the molecule is CN(CCNc1cccc(C(F)(F)F)c1)CCC(O)(P(=O)(O)O)P(=O)(O)O. The molecule has 0 saturated carbocycles. The smallest absolute Gasteiger partial charge is 0.384 e. The molecule has 1 aromatic rings. The number of nitrogens with zero attached hydrogens (tertiary/aromatic N) is 1. The maximum atomic E-state index is 12.6. The fraction of sp³-hybridized carbons (Fsp3) is 0.538. The third kappa shape index (κ3) is 6.55. The van der Waals surface area contributed by atoms with Gasteiger partial charge < -0.3 is 34.9 Å².